The van der Waals surface area contributed by atoms with Gasteiger partial charge in [-0.25, -0.2) is 8.42 Å². The molecule has 1 N–H and O–H groups in total. The molecule has 21 heavy (non-hydrogen) atoms. The Morgan fingerprint density at radius 3 is 2.57 bits per heavy atom. The highest BCUT2D eigenvalue weighted by atomic mass is 35.5. The Bertz CT molecular complexity index is 633. The predicted molar refractivity (Wildman–Crippen MR) is 84.2 cm³/mol. The van der Waals surface area contributed by atoms with E-state index >= 15 is 0 Å². The van der Waals surface area contributed by atoms with E-state index in [1.165, 1.54) is 16.4 Å². The van der Waals surface area contributed by atoms with Gasteiger partial charge in [-0.05, 0) is 43.9 Å². The molecule has 0 bridgehead atoms. The van der Waals surface area contributed by atoms with Crippen molar-refractivity contribution in [2.75, 3.05) is 0 Å². The molecule has 1 heterocycles. The molecule has 0 saturated carbocycles. The minimum absolute atomic E-state index is 0.0161. The van der Waals surface area contributed by atoms with Crippen LogP contribution in [0, 0.1) is 0 Å². The zero-order chi connectivity index (χ0) is 15.8. The molecule has 0 radical (unpaired) electrons. The van der Waals surface area contributed by atoms with Crippen LogP contribution in [0.1, 0.15) is 38.7 Å². The van der Waals surface area contributed by atoms with E-state index in [0.717, 1.165) is 19.3 Å². The summed E-state index contributed by atoms with van der Waals surface area (Å²) in [6, 6.07) is 2.76. The van der Waals surface area contributed by atoms with Crippen LogP contribution < -0.4 is 0 Å². The Balaban J connectivity index is 2.56. The standard InChI is InChI=1S/C14H19Cl2NO3S/c1-3-12-5-4-9(2)17(12)21(19,20)13-7-11(15)6-10(8-18)14(13)16/h6-7,9,12,18H,3-5,8H2,1-2H3. The predicted octanol–water partition coefficient (Wildman–Crippen LogP) is 3.44. The molecule has 118 valence electrons. The molecular weight excluding hydrogens is 333 g/mol. The Kier molecular flexibility index (Phi) is 5.21. The number of halogens is 2. The largest absolute Gasteiger partial charge is 0.392 e. The molecular formula is C14H19Cl2NO3S. The fraction of sp³-hybridized carbons (Fsp3) is 0.571. The van der Waals surface area contributed by atoms with Gasteiger partial charge < -0.3 is 5.11 Å². The summed E-state index contributed by atoms with van der Waals surface area (Å²) in [6.45, 7) is 3.53. The number of rotatable bonds is 4. The van der Waals surface area contributed by atoms with Crippen LogP contribution in [0.2, 0.25) is 10.0 Å². The number of hydrogen-bond donors (Lipinski definition) is 1. The number of nitrogens with zero attached hydrogens (tertiary/aromatic N) is 1. The second-order valence-corrected chi connectivity index (χ2v) is 7.98. The zero-order valence-corrected chi connectivity index (χ0v) is 14.3. The van der Waals surface area contributed by atoms with E-state index in [4.69, 9.17) is 23.2 Å². The maximum absolute atomic E-state index is 13.0. The minimum Gasteiger partial charge on any atom is -0.392 e. The third-order valence-corrected chi connectivity index (χ3v) is 6.86. The van der Waals surface area contributed by atoms with Crippen molar-refractivity contribution < 1.29 is 13.5 Å². The van der Waals surface area contributed by atoms with Gasteiger partial charge in [0.15, 0.2) is 0 Å². The van der Waals surface area contributed by atoms with Crippen LogP contribution in [-0.4, -0.2) is 29.9 Å². The maximum atomic E-state index is 13.0. The molecule has 1 aliphatic rings. The van der Waals surface area contributed by atoms with Gasteiger partial charge in [-0.1, -0.05) is 30.1 Å². The van der Waals surface area contributed by atoms with Crippen LogP contribution in [0.25, 0.3) is 0 Å². The summed E-state index contributed by atoms with van der Waals surface area (Å²) < 4.78 is 27.4. The molecule has 4 nitrogen and oxygen atoms in total. The molecule has 0 spiro atoms. The minimum atomic E-state index is -3.73. The molecule has 1 saturated heterocycles. The van der Waals surface area contributed by atoms with Crippen LogP contribution in [0.4, 0.5) is 0 Å². The number of aliphatic hydroxyl groups is 1. The average Bonchev–Trinajstić information content (AvgIpc) is 2.82. The van der Waals surface area contributed by atoms with Gasteiger partial charge in [-0.3, -0.25) is 0 Å². The summed E-state index contributed by atoms with van der Waals surface area (Å²) >= 11 is 12.1. The molecule has 0 aliphatic carbocycles. The molecule has 0 amide bonds. The second-order valence-electron chi connectivity index (χ2n) is 5.36. The van der Waals surface area contributed by atoms with E-state index in [0.29, 0.717) is 5.56 Å². The van der Waals surface area contributed by atoms with Crippen molar-refractivity contribution in [3.63, 3.8) is 0 Å². The number of sulfonamides is 1. The Morgan fingerprint density at radius 1 is 1.33 bits per heavy atom. The van der Waals surface area contributed by atoms with Crippen LogP contribution >= 0.6 is 23.2 Å². The van der Waals surface area contributed by atoms with Gasteiger partial charge in [0.1, 0.15) is 4.90 Å². The van der Waals surface area contributed by atoms with Gasteiger partial charge in [-0.2, -0.15) is 4.31 Å². The Labute approximate surface area is 135 Å². The van der Waals surface area contributed by atoms with Crippen molar-refractivity contribution in [3.05, 3.63) is 27.7 Å². The quantitative estimate of drug-likeness (QED) is 0.903. The van der Waals surface area contributed by atoms with Gasteiger partial charge in [0.2, 0.25) is 10.0 Å². The highest BCUT2D eigenvalue weighted by Crippen LogP contribution is 2.37. The van der Waals surface area contributed by atoms with Crippen molar-refractivity contribution in [1.82, 2.24) is 4.31 Å². The normalized spacial score (nSPS) is 23.7. The van der Waals surface area contributed by atoms with Gasteiger partial charge in [0.25, 0.3) is 0 Å². The molecule has 1 fully saturated rings. The maximum Gasteiger partial charge on any atom is 0.245 e. The van der Waals surface area contributed by atoms with Crippen molar-refractivity contribution >= 4 is 33.2 Å². The van der Waals surface area contributed by atoms with E-state index in [-0.39, 0.29) is 33.6 Å². The van der Waals surface area contributed by atoms with Gasteiger partial charge in [-0.15, -0.1) is 0 Å². The van der Waals surface area contributed by atoms with Crippen molar-refractivity contribution in [3.8, 4) is 0 Å². The summed E-state index contributed by atoms with van der Waals surface area (Å²) in [7, 11) is -3.73. The van der Waals surface area contributed by atoms with E-state index in [1.807, 2.05) is 13.8 Å². The molecule has 2 unspecified atom stereocenters. The molecule has 2 rings (SSSR count). The third kappa shape index (κ3) is 3.08. The van der Waals surface area contributed by atoms with Gasteiger partial charge >= 0.3 is 0 Å². The smallest absolute Gasteiger partial charge is 0.245 e. The lowest BCUT2D eigenvalue weighted by Crippen LogP contribution is -2.39. The van der Waals surface area contributed by atoms with Crippen molar-refractivity contribution in [1.29, 1.82) is 0 Å². The van der Waals surface area contributed by atoms with Crippen LogP contribution in [0.15, 0.2) is 17.0 Å². The van der Waals surface area contributed by atoms with Gasteiger partial charge in [0.05, 0.1) is 11.6 Å². The summed E-state index contributed by atoms with van der Waals surface area (Å²) in [4.78, 5) is -0.0204. The SMILES string of the molecule is CCC1CCC(C)N1S(=O)(=O)c1cc(Cl)cc(CO)c1Cl. The van der Waals surface area contributed by atoms with E-state index < -0.39 is 10.0 Å². The third-order valence-electron chi connectivity index (χ3n) is 3.99. The topological polar surface area (TPSA) is 57.6 Å². The second kappa shape index (κ2) is 6.42. The summed E-state index contributed by atoms with van der Waals surface area (Å²) in [5.41, 5.74) is 0.322. The van der Waals surface area contributed by atoms with Crippen molar-refractivity contribution in [2.45, 2.75) is 56.7 Å². The zero-order valence-electron chi connectivity index (χ0n) is 12.0. The molecule has 1 aliphatic heterocycles. The first-order valence-corrected chi connectivity index (χ1v) is 9.14. The average molecular weight is 352 g/mol. The lowest BCUT2D eigenvalue weighted by Gasteiger charge is -2.27. The highest BCUT2D eigenvalue weighted by Gasteiger charge is 2.40. The van der Waals surface area contributed by atoms with E-state index in [2.05, 4.69) is 0 Å². The van der Waals surface area contributed by atoms with Crippen LogP contribution in [0.5, 0.6) is 0 Å². The van der Waals surface area contributed by atoms with Crippen LogP contribution in [-0.2, 0) is 16.6 Å². The number of hydrogen-bond acceptors (Lipinski definition) is 3. The Morgan fingerprint density at radius 2 is 2.00 bits per heavy atom. The van der Waals surface area contributed by atoms with Gasteiger partial charge in [0, 0.05) is 17.1 Å². The van der Waals surface area contributed by atoms with E-state index in [1.54, 1.807) is 0 Å². The first-order valence-electron chi connectivity index (χ1n) is 6.95. The summed E-state index contributed by atoms with van der Waals surface area (Å²) in [5, 5.41) is 9.60. The number of aliphatic hydroxyl groups excluding tert-OH is 1. The fourth-order valence-corrected chi connectivity index (χ4v) is 5.75. The molecule has 1 aromatic rings. The van der Waals surface area contributed by atoms with Crippen molar-refractivity contribution in [2.24, 2.45) is 0 Å². The first-order chi connectivity index (χ1) is 9.82. The lowest BCUT2D eigenvalue weighted by molar-refractivity contribution is 0.281. The molecule has 1 aromatic carbocycles. The van der Waals surface area contributed by atoms with Crippen LogP contribution in [0.3, 0.4) is 0 Å². The van der Waals surface area contributed by atoms with E-state index in [9.17, 15) is 13.5 Å². The highest BCUT2D eigenvalue weighted by molar-refractivity contribution is 7.89. The monoisotopic (exact) mass is 351 g/mol. The molecule has 2 atom stereocenters. The summed E-state index contributed by atoms with van der Waals surface area (Å²) in [6.07, 6.45) is 2.44. The molecule has 7 heteroatoms. The first kappa shape index (κ1) is 17.0. The molecule has 0 aromatic heterocycles. The lowest BCUT2D eigenvalue weighted by atomic mass is 10.2. The number of benzene rings is 1. The summed E-state index contributed by atoms with van der Waals surface area (Å²) in [5.74, 6) is 0. The Hall–Kier alpha value is -0.330. The fourth-order valence-electron chi connectivity index (χ4n) is 2.90.